The number of anilines is 1. The first-order valence-electron chi connectivity index (χ1n) is 6.14. The minimum atomic E-state index is 0.126. The molecule has 2 N–H and O–H groups in total. The van der Waals surface area contributed by atoms with E-state index in [1.54, 1.807) is 11.8 Å². The molecule has 0 unspecified atom stereocenters. The molecule has 0 atom stereocenters. The topological polar surface area (TPSA) is 58.0 Å². The van der Waals surface area contributed by atoms with E-state index in [4.69, 9.17) is 5.11 Å². The van der Waals surface area contributed by atoms with Gasteiger partial charge in [-0.3, -0.25) is 0 Å². The van der Waals surface area contributed by atoms with Gasteiger partial charge >= 0.3 is 0 Å². The normalized spacial score (nSPS) is 15.2. The van der Waals surface area contributed by atoms with E-state index in [0.29, 0.717) is 6.54 Å². The largest absolute Gasteiger partial charge is 0.395 e. The average molecular weight is 253 g/mol. The zero-order valence-corrected chi connectivity index (χ0v) is 11.0. The van der Waals surface area contributed by atoms with Crippen molar-refractivity contribution in [2.24, 2.45) is 0 Å². The standard InChI is InChI=1S/C12H19N3OS/c1-17-12-10-6-4-2-3-5-9(10)11(14-15-12)13-7-8-16/h16H,2-8H2,1H3,(H,13,14). The second-order valence-electron chi connectivity index (χ2n) is 4.23. The molecule has 0 aromatic carbocycles. The summed E-state index contributed by atoms with van der Waals surface area (Å²) in [5.41, 5.74) is 2.68. The summed E-state index contributed by atoms with van der Waals surface area (Å²) in [5.74, 6) is 0.869. The number of aromatic nitrogens is 2. The maximum Gasteiger partial charge on any atom is 0.152 e. The van der Waals surface area contributed by atoms with Crippen LogP contribution in [0, 0.1) is 0 Å². The molecule has 0 amide bonds. The Balaban J connectivity index is 2.34. The van der Waals surface area contributed by atoms with Crippen LogP contribution in [0.3, 0.4) is 0 Å². The van der Waals surface area contributed by atoms with Gasteiger partial charge in [0, 0.05) is 12.1 Å². The molecule has 0 radical (unpaired) electrons. The SMILES string of the molecule is CSc1nnc(NCCO)c2c1CCCCC2. The second kappa shape index (κ2) is 6.21. The second-order valence-corrected chi connectivity index (χ2v) is 5.02. The van der Waals surface area contributed by atoms with Gasteiger partial charge in [-0.1, -0.05) is 6.42 Å². The molecule has 0 aliphatic heterocycles. The van der Waals surface area contributed by atoms with Crippen LogP contribution in [0.2, 0.25) is 0 Å². The summed E-state index contributed by atoms with van der Waals surface area (Å²) in [5, 5.41) is 21.6. The smallest absolute Gasteiger partial charge is 0.152 e. The fraction of sp³-hybridized carbons (Fsp3) is 0.667. The summed E-state index contributed by atoms with van der Waals surface area (Å²) >= 11 is 1.67. The number of nitrogens with one attached hydrogen (secondary N) is 1. The quantitative estimate of drug-likeness (QED) is 0.634. The van der Waals surface area contributed by atoms with Gasteiger partial charge in [-0.05, 0) is 37.5 Å². The molecule has 1 aliphatic rings. The molecule has 0 fully saturated rings. The molecule has 1 aliphatic carbocycles. The number of thioether (sulfide) groups is 1. The molecule has 0 saturated carbocycles. The molecule has 0 saturated heterocycles. The van der Waals surface area contributed by atoms with Crippen LogP contribution in [0.25, 0.3) is 0 Å². The third-order valence-corrected chi connectivity index (χ3v) is 3.82. The van der Waals surface area contributed by atoms with Gasteiger partial charge in [-0.2, -0.15) is 0 Å². The molecule has 4 nitrogen and oxygen atoms in total. The van der Waals surface area contributed by atoms with Crippen molar-refractivity contribution in [3.63, 3.8) is 0 Å². The summed E-state index contributed by atoms with van der Waals surface area (Å²) in [7, 11) is 0. The summed E-state index contributed by atoms with van der Waals surface area (Å²) in [4.78, 5) is 0. The Hall–Kier alpha value is -0.810. The average Bonchev–Trinajstić information content (AvgIpc) is 2.61. The molecule has 5 heteroatoms. The van der Waals surface area contributed by atoms with Gasteiger partial charge in [0.2, 0.25) is 0 Å². The van der Waals surface area contributed by atoms with Gasteiger partial charge in [0.15, 0.2) is 5.82 Å². The Labute approximate surface area is 106 Å². The fourth-order valence-electron chi connectivity index (χ4n) is 2.28. The highest BCUT2D eigenvalue weighted by molar-refractivity contribution is 7.98. The van der Waals surface area contributed by atoms with Crippen LogP contribution in [0.15, 0.2) is 5.03 Å². The lowest BCUT2D eigenvalue weighted by molar-refractivity contribution is 0.311. The summed E-state index contributed by atoms with van der Waals surface area (Å²) < 4.78 is 0. The van der Waals surface area contributed by atoms with E-state index in [1.807, 2.05) is 0 Å². The molecule has 1 aromatic rings. The van der Waals surface area contributed by atoms with Crippen LogP contribution in [0.5, 0.6) is 0 Å². The Morgan fingerprint density at radius 1 is 1.18 bits per heavy atom. The minimum Gasteiger partial charge on any atom is -0.395 e. The van der Waals surface area contributed by atoms with Crippen molar-refractivity contribution < 1.29 is 5.11 Å². The molecule has 17 heavy (non-hydrogen) atoms. The molecule has 2 rings (SSSR count). The van der Waals surface area contributed by atoms with Crippen LogP contribution in [-0.2, 0) is 12.8 Å². The number of aliphatic hydroxyl groups is 1. The van der Waals surface area contributed by atoms with Gasteiger partial charge < -0.3 is 10.4 Å². The summed E-state index contributed by atoms with van der Waals surface area (Å²) in [6, 6.07) is 0. The van der Waals surface area contributed by atoms with Crippen molar-refractivity contribution in [1.29, 1.82) is 0 Å². The molecule has 0 spiro atoms. The first kappa shape index (κ1) is 12.6. The zero-order valence-electron chi connectivity index (χ0n) is 10.2. The van der Waals surface area contributed by atoms with Gasteiger partial charge in [0.25, 0.3) is 0 Å². The van der Waals surface area contributed by atoms with E-state index in [0.717, 1.165) is 23.7 Å². The monoisotopic (exact) mass is 253 g/mol. The highest BCUT2D eigenvalue weighted by Gasteiger charge is 2.17. The van der Waals surface area contributed by atoms with Gasteiger partial charge in [0.1, 0.15) is 5.03 Å². The third kappa shape index (κ3) is 2.90. The van der Waals surface area contributed by atoms with E-state index >= 15 is 0 Å². The number of fused-ring (bicyclic) bond motifs is 1. The Morgan fingerprint density at radius 2 is 1.94 bits per heavy atom. The van der Waals surface area contributed by atoms with Gasteiger partial charge in [-0.25, -0.2) is 0 Å². The molecule has 94 valence electrons. The summed E-state index contributed by atoms with van der Waals surface area (Å²) in [6.07, 6.45) is 7.98. The highest BCUT2D eigenvalue weighted by atomic mass is 32.2. The van der Waals surface area contributed by atoms with E-state index < -0.39 is 0 Å². The molecule has 1 aromatic heterocycles. The Kier molecular flexibility index (Phi) is 4.62. The van der Waals surface area contributed by atoms with Crippen LogP contribution in [0.4, 0.5) is 5.82 Å². The predicted molar refractivity (Wildman–Crippen MR) is 70.6 cm³/mol. The summed E-state index contributed by atoms with van der Waals surface area (Å²) in [6.45, 7) is 0.667. The van der Waals surface area contributed by atoms with E-state index in [2.05, 4.69) is 21.8 Å². The first-order chi connectivity index (χ1) is 8.36. The Bertz CT molecular complexity index is 384. The number of nitrogens with zero attached hydrogens (tertiary/aromatic N) is 2. The van der Waals surface area contributed by atoms with Crippen molar-refractivity contribution in [2.75, 3.05) is 24.7 Å². The predicted octanol–water partition coefficient (Wildman–Crippen LogP) is 1.87. The van der Waals surface area contributed by atoms with Gasteiger partial charge in [-0.15, -0.1) is 22.0 Å². The molecular formula is C12H19N3OS. The fourth-order valence-corrected chi connectivity index (χ4v) is 2.87. The lowest BCUT2D eigenvalue weighted by Gasteiger charge is -2.14. The lowest BCUT2D eigenvalue weighted by Crippen LogP contribution is -2.12. The molecular weight excluding hydrogens is 234 g/mol. The molecule has 0 bridgehead atoms. The van der Waals surface area contributed by atoms with Crippen LogP contribution < -0.4 is 5.32 Å². The zero-order chi connectivity index (χ0) is 12.1. The van der Waals surface area contributed by atoms with Crippen molar-refractivity contribution in [2.45, 2.75) is 37.1 Å². The first-order valence-corrected chi connectivity index (χ1v) is 7.36. The third-order valence-electron chi connectivity index (χ3n) is 3.10. The van der Waals surface area contributed by atoms with E-state index in [1.165, 1.54) is 30.4 Å². The van der Waals surface area contributed by atoms with E-state index in [9.17, 15) is 0 Å². The van der Waals surface area contributed by atoms with Crippen molar-refractivity contribution in [3.05, 3.63) is 11.1 Å². The van der Waals surface area contributed by atoms with Crippen LogP contribution in [0.1, 0.15) is 30.4 Å². The van der Waals surface area contributed by atoms with E-state index in [-0.39, 0.29) is 6.61 Å². The lowest BCUT2D eigenvalue weighted by atomic mass is 10.1. The number of hydrogen-bond acceptors (Lipinski definition) is 5. The Morgan fingerprint density at radius 3 is 2.65 bits per heavy atom. The van der Waals surface area contributed by atoms with Crippen molar-refractivity contribution in [3.8, 4) is 0 Å². The number of aliphatic hydroxyl groups excluding tert-OH is 1. The maximum atomic E-state index is 8.87. The van der Waals surface area contributed by atoms with Crippen molar-refractivity contribution in [1.82, 2.24) is 10.2 Å². The van der Waals surface area contributed by atoms with Gasteiger partial charge in [0.05, 0.1) is 6.61 Å². The number of rotatable bonds is 4. The van der Waals surface area contributed by atoms with Crippen LogP contribution >= 0.6 is 11.8 Å². The van der Waals surface area contributed by atoms with Crippen LogP contribution in [-0.4, -0.2) is 34.7 Å². The minimum absolute atomic E-state index is 0.126. The number of hydrogen-bond donors (Lipinski definition) is 2. The maximum absolute atomic E-state index is 8.87. The van der Waals surface area contributed by atoms with Crippen molar-refractivity contribution >= 4 is 17.6 Å². The molecule has 1 heterocycles. The highest BCUT2D eigenvalue weighted by Crippen LogP contribution is 2.30.